The number of hydrogen-bond acceptors (Lipinski definition) is 5. The fourth-order valence-corrected chi connectivity index (χ4v) is 5.03. The molecule has 0 saturated carbocycles. The van der Waals surface area contributed by atoms with Crippen LogP contribution in [0.2, 0.25) is 0 Å². The van der Waals surface area contributed by atoms with Gasteiger partial charge in [0.15, 0.2) is 0 Å². The summed E-state index contributed by atoms with van der Waals surface area (Å²) in [6.07, 6.45) is 1.38. The Bertz CT molecular complexity index is 1010. The maximum Gasteiger partial charge on any atom is 0.246 e. The molecule has 2 aromatic rings. The van der Waals surface area contributed by atoms with Gasteiger partial charge >= 0.3 is 0 Å². The topological polar surface area (TPSA) is 91.4 Å². The molecule has 3 unspecified atom stereocenters. The molecule has 8 heteroatoms. The summed E-state index contributed by atoms with van der Waals surface area (Å²) in [5, 5.41) is 5.85. The molecule has 2 N–H and O–H groups in total. The molecule has 0 bridgehead atoms. The molecule has 3 atom stereocenters. The molecular formula is C25H34N4O3S. The Morgan fingerprint density at radius 2 is 1.82 bits per heavy atom. The molecule has 1 saturated heterocycles. The van der Waals surface area contributed by atoms with Crippen LogP contribution < -0.4 is 10.6 Å². The number of carbonyl (C=O) groups excluding carboxylic acids is 3. The Morgan fingerprint density at radius 1 is 1.15 bits per heavy atom. The number of aromatic nitrogens is 1. The van der Waals surface area contributed by atoms with Crippen LogP contribution >= 0.6 is 11.3 Å². The first-order chi connectivity index (χ1) is 15.5. The Balaban J connectivity index is 1.69. The van der Waals surface area contributed by atoms with Gasteiger partial charge in [0.1, 0.15) is 12.1 Å². The zero-order valence-electron chi connectivity index (χ0n) is 20.3. The quantitative estimate of drug-likeness (QED) is 0.671. The van der Waals surface area contributed by atoms with Crippen molar-refractivity contribution in [2.75, 3.05) is 6.54 Å². The molecule has 0 radical (unpaired) electrons. The second-order valence-corrected chi connectivity index (χ2v) is 10.7. The van der Waals surface area contributed by atoms with Crippen LogP contribution in [0, 0.1) is 12.3 Å². The van der Waals surface area contributed by atoms with Gasteiger partial charge in [-0.2, -0.15) is 0 Å². The molecular weight excluding hydrogens is 436 g/mol. The predicted octanol–water partition coefficient (Wildman–Crippen LogP) is 3.84. The van der Waals surface area contributed by atoms with Gasteiger partial charge in [-0.1, -0.05) is 45.0 Å². The second kappa shape index (κ2) is 10.0. The number of nitrogens with one attached hydrogen (secondary N) is 2. The van der Waals surface area contributed by atoms with E-state index in [1.54, 1.807) is 16.2 Å². The molecule has 33 heavy (non-hydrogen) atoms. The molecule has 178 valence electrons. The minimum atomic E-state index is -0.677. The molecule has 1 fully saturated rings. The lowest BCUT2D eigenvalue weighted by Crippen LogP contribution is -2.57. The number of benzene rings is 1. The first-order valence-corrected chi connectivity index (χ1v) is 12.3. The van der Waals surface area contributed by atoms with Crippen LogP contribution in [0.1, 0.15) is 64.8 Å². The highest BCUT2D eigenvalue weighted by molar-refractivity contribution is 7.13. The lowest BCUT2D eigenvalue weighted by atomic mass is 9.85. The minimum Gasteiger partial charge on any atom is -0.348 e. The third-order valence-corrected chi connectivity index (χ3v) is 7.05. The van der Waals surface area contributed by atoms with Crippen molar-refractivity contribution in [1.29, 1.82) is 0 Å². The highest BCUT2D eigenvalue weighted by Gasteiger charge is 2.41. The van der Waals surface area contributed by atoms with E-state index in [1.807, 2.05) is 64.4 Å². The van der Waals surface area contributed by atoms with E-state index in [0.717, 1.165) is 28.1 Å². The average Bonchev–Trinajstić information content (AvgIpc) is 3.40. The third-order valence-electron chi connectivity index (χ3n) is 6.08. The fourth-order valence-electron chi connectivity index (χ4n) is 4.22. The van der Waals surface area contributed by atoms with E-state index in [9.17, 15) is 14.4 Å². The van der Waals surface area contributed by atoms with E-state index >= 15 is 0 Å². The molecule has 3 amide bonds. The minimum absolute atomic E-state index is 0.161. The van der Waals surface area contributed by atoms with Crippen molar-refractivity contribution in [3.63, 3.8) is 0 Å². The van der Waals surface area contributed by atoms with Crippen LogP contribution in [0.25, 0.3) is 10.4 Å². The first-order valence-electron chi connectivity index (χ1n) is 11.4. The summed E-state index contributed by atoms with van der Waals surface area (Å²) in [7, 11) is 0. The molecule has 1 aromatic carbocycles. The van der Waals surface area contributed by atoms with E-state index in [0.29, 0.717) is 13.0 Å². The molecule has 7 nitrogen and oxygen atoms in total. The summed E-state index contributed by atoms with van der Waals surface area (Å²) in [6, 6.07) is 6.73. The molecule has 1 aliphatic heterocycles. The number of aryl methyl sites for hydroxylation is 1. The Hall–Kier alpha value is -2.74. The number of thiazole rings is 1. The van der Waals surface area contributed by atoms with Crippen LogP contribution in [0.3, 0.4) is 0 Å². The van der Waals surface area contributed by atoms with E-state index in [-0.39, 0.29) is 23.8 Å². The van der Waals surface area contributed by atoms with E-state index < -0.39 is 17.5 Å². The van der Waals surface area contributed by atoms with Gasteiger partial charge in [0.25, 0.3) is 0 Å². The molecule has 2 heterocycles. The van der Waals surface area contributed by atoms with Gasteiger partial charge in [-0.05, 0) is 43.2 Å². The number of amides is 3. The highest BCUT2D eigenvalue weighted by Crippen LogP contribution is 2.29. The van der Waals surface area contributed by atoms with Crippen LogP contribution in [0.4, 0.5) is 0 Å². The lowest BCUT2D eigenvalue weighted by Gasteiger charge is -2.35. The van der Waals surface area contributed by atoms with Gasteiger partial charge in [0, 0.05) is 13.5 Å². The van der Waals surface area contributed by atoms with Crippen molar-refractivity contribution in [3.05, 3.63) is 41.0 Å². The lowest BCUT2D eigenvalue weighted by molar-refractivity contribution is -0.143. The smallest absolute Gasteiger partial charge is 0.246 e. The molecule has 3 rings (SSSR count). The summed E-state index contributed by atoms with van der Waals surface area (Å²) in [5.74, 6) is -0.618. The van der Waals surface area contributed by atoms with Crippen molar-refractivity contribution in [2.45, 2.75) is 72.5 Å². The zero-order chi connectivity index (χ0) is 24.3. The normalized spacial score (nSPS) is 18.0. The molecule has 1 aromatic heterocycles. The van der Waals surface area contributed by atoms with Crippen molar-refractivity contribution in [3.8, 4) is 10.4 Å². The fraction of sp³-hybridized carbons (Fsp3) is 0.520. The van der Waals surface area contributed by atoms with Gasteiger partial charge in [-0.25, -0.2) is 4.98 Å². The van der Waals surface area contributed by atoms with Crippen molar-refractivity contribution in [1.82, 2.24) is 20.5 Å². The van der Waals surface area contributed by atoms with Crippen LogP contribution in [-0.4, -0.2) is 46.2 Å². The summed E-state index contributed by atoms with van der Waals surface area (Å²) in [4.78, 5) is 45.2. The summed E-state index contributed by atoms with van der Waals surface area (Å²) >= 11 is 1.61. The third kappa shape index (κ3) is 5.79. The number of nitrogens with zero attached hydrogens (tertiary/aromatic N) is 2. The predicted molar refractivity (Wildman–Crippen MR) is 131 cm³/mol. The number of carbonyl (C=O) groups is 3. The summed E-state index contributed by atoms with van der Waals surface area (Å²) in [5.41, 5.74) is 4.49. The Morgan fingerprint density at radius 3 is 2.36 bits per heavy atom. The van der Waals surface area contributed by atoms with Gasteiger partial charge in [-0.3, -0.25) is 14.4 Å². The van der Waals surface area contributed by atoms with Gasteiger partial charge in [0.05, 0.1) is 22.1 Å². The monoisotopic (exact) mass is 470 g/mol. The largest absolute Gasteiger partial charge is 0.348 e. The second-order valence-electron chi connectivity index (χ2n) is 9.81. The average molecular weight is 471 g/mol. The van der Waals surface area contributed by atoms with Crippen molar-refractivity contribution < 1.29 is 14.4 Å². The van der Waals surface area contributed by atoms with Gasteiger partial charge < -0.3 is 15.5 Å². The number of hydrogen-bond donors (Lipinski definition) is 2. The van der Waals surface area contributed by atoms with Crippen LogP contribution in [0.15, 0.2) is 29.8 Å². The maximum atomic E-state index is 13.3. The Kier molecular flexibility index (Phi) is 7.57. The number of rotatable bonds is 6. The Labute approximate surface area is 200 Å². The van der Waals surface area contributed by atoms with E-state index in [1.165, 1.54) is 6.92 Å². The zero-order valence-corrected chi connectivity index (χ0v) is 21.1. The van der Waals surface area contributed by atoms with Gasteiger partial charge in [0.2, 0.25) is 17.7 Å². The molecule has 1 aliphatic rings. The molecule has 0 aliphatic carbocycles. The SMILES string of the molecule is CC(=O)NC(C(=O)N1CCCC1C(=O)NC(C)c1ccc(-c2scnc2C)cc1)C(C)(C)C. The van der Waals surface area contributed by atoms with Crippen molar-refractivity contribution in [2.24, 2.45) is 5.41 Å². The van der Waals surface area contributed by atoms with Crippen LogP contribution in [-0.2, 0) is 14.4 Å². The van der Waals surface area contributed by atoms with E-state index in [4.69, 9.17) is 0 Å². The first kappa shape index (κ1) is 24.9. The van der Waals surface area contributed by atoms with Crippen molar-refractivity contribution >= 4 is 29.1 Å². The van der Waals surface area contributed by atoms with Crippen LogP contribution in [0.5, 0.6) is 0 Å². The molecule has 0 spiro atoms. The number of likely N-dealkylation sites (tertiary alicyclic amines) is 1. The summed E-state index contributed by atoms with van der Waals surface area (Å²) in [6.45, 7) is 11.6. The van der Waals surface area contributed by atoms with Gasteiger partial charge in [-0.15, -0.1) is 11.3 Å². The van der Waals surface area contributed by atoms with E-state index in [2.05, 4.69) is 15.6 Å². The standard InChI is InChI=1S/C25H34N4O3S/c1-15(18-9-11-19(12-10-18)21-16(2)26-14-33-21)27-23(31)20-8-7-13-29(20)24(32)22(25(4,5)6)28-17(3)30/h9-12,14-15,20,22H,7-8,13H2,1-6H3,(H,27,31)(H,28,30). The maximum absolute atomic E-state index is 13.3. The summed E-state index contributed by atoms with van der Waals surface area (Å²) < 4.78 is 0. The highest BCUT2D eigenvalue weighted by atomic mass is 32.1.